The first-order chi connectivity index (χ1) is 8.46. The van der Waals surface area contributed by atoms with Crippen molar-refractivity contribution in [2.45, 2.75) is 12.7 Å². The van der Waals surface area contributed by atoms with Crippen molar-refractivity contribution in [3.8, 4) is 0 Å². The van der Waals surface area contributed by atoms with Crippen LogP contribution < -0.4 is 10.5 Å². The molecule has 1 aromatic carbocycles. The van der Waals surface area contributed by atoms with Gasteiger partial charge in [-0.2, -0.15) is 5.10 Å². The van der Waals surface area contributed by atoms with Crippen molar-refractivity contribution in [1.82, 2.24) is 10.2 Å². The summed E-state index contributed by atoms with van der Waals surface area (Å²) in [5.41, 5.74) is 7.53. The van der Waals surface area contributed by atoms with E-state index < -0.39 is 10.0 Å². The van der Waals surface area contributed by atoms with Crippen LogP contribution in [0.2, 0.25) is 0 Å². The summed E-state index contributed by atoms with van der Waals surface area (Å²) in [5, 5.41) is 6.35. The molecule has 0 spiro atoms. The van der Waals surface area contributed by atoms with E-state index in [1.165, 1.54) is 0 Å². The zero-order valence-electron chi connectivity index (χ0n) is 9.84. The molecule has 7 heteroatoms. The Morgan fingerprint density at radius 3 is 2.83 bits per heavy atom. The van der Waals surface area contributed by atoms with E-state index in [-0.39, 0.29) is 5.75 Å². The number of rotatable bonds is 4. The summed E-state index contributed by atoms with van der Waals surface area (Å²) in [7, 11) is -3.47. The second-order valence-electron chi connectivity index (χ2n) is 4.03. The molecular formula is C11H14N4O2S. The van der Waals surface area contributed by atoms with Gasteiger partial charge in [-0.25, -0.2) is 8.42 Å². The zero-order valence-corrected chi connectivity index (χ0v) is 10.7. The molecule has 2 aromatic rings. The van der Waals surface area contributed by atoms with Crippen LogP contribution in [0.25, 0.3) is 0 Å². The highest BCUT2D eigenvalue weighted by Crippen LogP contribution is 2.15. The highest BCUT2D eigenvalue weighted by Gasteiger charge is 2.14. The third-order valence-electron chi connectivity index (χ3n) is 2.39. The summed E-state index contributed by atoms with van der Waals surface area (Å²) in [6, 6.07) is 6.79. The van der Waals surface area contributed by atoms with Crippen LogP contribution in [0, 0.1) is 6.92 Å². The lowest BCUT2D eigenvalue weighted by Crippen LogP contribution is -2.16. The molecule has 1 heterocycles. The lowest BCUT2D eigenvalue weighted by Gasteiger charge is -2.07. The van der Waals surface area contributed by atoms with Crippen molar-refractivity contribution in [2.75, 3.05) is 10.5 Å². The predicted octanol–water partition coefficient (Wildman–Crippen LogP) is 1.24. The minimum absolute atomic E-state index is 0.128. The van der Waals surface area contributed by atoms with Crippen molar-refractivity contribution in [3.05, 3.63) is 41.6 Å². The number of H-pyrrole nitrogens is 1. The van der Waals surface area contributed by atoms with Crippen LogP contribution in [-0.4, -0.2) is 18.6 Å². The fourth-order valence-corrected chi connectivity index (χ4v) is 2.75. The molecule has 0 aliphatic carbocycles. The van der Waals surface area contributed by atoms with Gasteiger partial charge in [0.25, 0.3) is 0 Å². The number of nitrogens with one attached hydrogen (secondary N) is 2. The third kappa shape index (κ3) is 3.01. The van der Waals surface area contributed by atoms with Gasteiger partial charge >= 0.3 is 0 Å². The van der Waals surface area contributed by atoms with E-state index in [2.05, 4.69) is 14.9 Å². The summed E-state index contributed by atoms with van der Waals surface area (Å²) in [6.45, 7) is 1.77. The molecule has 2 rings (SSSR count). The van der Waals surface area contributed by atoms with Gasteiger partial charge < -0.3 is 5.73 Å². The minimum Gasteiger partial charge on any atom is -0.399 e. The second-order valence-corrected chi connectivity index (χ2v) is 5.76. The Labute approximate surface area is 105 Å². The number of nitrogens with two attached hydrogens (primary N) is 1. The molecule has 0 bridgehead atoms. The second kappa shape index (κ2) is 4.69. The molecule has 0 amide bonds. The maximum atomic E-state index is 11.9. The molecule has 0 aliphatic heterocycles. The average molecular weight is 266 g/mol. The molecule has 0 aliphatic rings. The van der Waals surface area contributed by atoms with Gasteiger partial charge in [-0.05, 0) is 24.6 Å². The maximum Gasteiger partial charge on any atom is 0.238 e. The Balaban J connectivity index is 2.15. The average Bonchev–Trinajstić information content (AvgIpc) is 2.62. The Morgan fingerprint density at radius 2 is 2.22 bits per heavy atom. The minimum atomic E-state index is -3.47. The Hall–Kier alpha value is -2.02. The molecule has 0 fully saturated rings. The quantitative estimate of drug-likeness (QED) is 0.725. The summed E-state index contributed by atoms with van der Waals surface area (Å²) in [6.07, 6.45) is 1.55. The highest BCUT2D eigenvalue weighted by molar-refractivity contribution is 7.91. The van der Waals surface area contributed by atoms with Crippen LogP contribution in [0.15, 0.2) is 30.5 Å². The van der Waals surface area contributed by atoms with Crippen molar-refractivity contribution in [2.24, 2.45) is 0 Å². The lowest BCUT2D eigenvalue weighted by atomic mass is 10.2. The largest absolute Gasteiger partial charge is 0.399 e. The van der Waals surface area contributed by atoms with Crippen molar-refractivity contribution in [3.63, 3.8) is 0 Å². The molecule has 96 valence electrons. The number of aryl methyl sites for hydroxylation is 1. The van der Waals surface area contributed by atoms with E-state index in [0.29, 0.717) is 17.1 Å². The molecule has 4 N–H and O–H groups in total. The first kappa shape index (κ1) is 12.4. The van der Waals surface area contributed by atoms with Gasteiger partial charge in [-0.3, -0.25) is 9.82 Å². The topological polar surface area (TPSA) is 101 Å². The fourth-order valence-electron chi connectivity index (χ4n) is 1.54. The Kier molecular flexibility index (Phi) is 3.24. The van der Waals surface area contributed by atoms with Crippen molar-refractivity contribution in [1.29, 1.82) is 0 Å². The number of aromatic nitrogens is 2. The SMILES string of the molecule is Cc1cn[nH]c1NS(=O)(=O)Cc1cccc(N)c1. The standard InChI is InChI=1S/C11H14N4O2S/c1-8-6-13-14-11(8)15-18(16,17)7-9-3-2-4-10(12)5-9/h2-6H,7,12H2,1H3,(H2,13,14,15). The van der Waals surface area contributed by atoms with Crippen LogP contribution >= 0.6 is 0 Å². The maximum absolute atomic E-state index is 11.9. The van der Waals surface area contributed by atoms with Crippen LogP contribution in [0.4, 0.5) is 11.5 Å². The smallest absolute Gasteiger partial charge is 0.238 e. The van der Waals surface area contributed by atoms with Gasteiger partial charge in [0.15, 0.2) is 0 Å². The zero-order chi connectivity index (χ0) is 13.2. The molecule has 0 saturated heterocycles. The first-order valence-electron chi connectivity index (χ1n) is 5.31. The number of anilines is 2. The van der Waals surface area contributed by atoms with Crippen LogP contribution in [0.5, 0.6) is 0 Å². The van der Waals surface area contributed by atoms with Gasteiger partial charge in [-0.15, -0.1) is 0 Å². The van der Waals surface area contributed by atoms with Crippen LogP contribution in [0.3, 0.4) is 0 Å². The van der Waals surface area contributed by atoms with Gasteiger partial charge in [0, 0.05) is 11.3 Å². The molecular weight excluding hydrogens is 252 g/mol. The number of hydrogen-bond acceptors (Lipinski definition) is 4. The lowest BCUT2D eigenvalue weighted by molar-refractivity contribution is 0.600. The molecule has 1 aromatic heterocycles. The number of sulfonamides is 1. The molecule has 0 unspecified atom stereocenters. The van der Waals surface area contributed by atoms with E-state index >= 15 is 0 Å². The summed E-state index contributed by atoms with van der Waals surface area (Å²) >= 11 is 0. The Bertz CT molecular complexity index is 649. The van der Waals surface area contributed by atoms with E-state index in [1.54, 1.807) is 37.4 Å². The van der Waals surface area contributed by atoms with Gasteiger partial charge in [0.05, 0.1) is 11.9 Å². The van der Waals surface area contributed by atoms with Gasteiger partial charge in [0.2, 0.25) is 10.0 Å². The first-order valence-corrected chi connectivity index (χ1v) is 6.96. The molecule has 0 saturated carbocycles. The van der Waals surface area contributed by atoms with Gasteiger partial charge in [-0.1, -0.05) is 12.1 Å². The fraction of sp³-hybridized carbons (Fsp3) is 0.182. The van der Waals surface area contributed by atoms with Gasteiger partial charge in [0.1, 0.15) is 5.82 Å². The number of nitrogen functional groups attached to an aromatic ring is 1. The van der Waals surface area contributed by atoms with E-state index in [9.17, 15) is 8.42 Å². The molecule has 0 radical (unpaired) electrons. The number of nitrogens with zero attached hydrogens (tertiary/aromatic N) is 1. The van der Waals surface area contributed by atoms with E-state index in [4.69, 9.17) is 5.73 Å². The van der Waals surface area contributed by atoms with Crippen LogP contribution in [0.1, 0.15) is 11.1 Å². The summed E-state index contributed by atoms with van der Waals surface area (Å²) in [4.78, 5) is 0. The number of benzene rings is 1. The predicted molar refractivity (Wildman–Crippen MR) is 70.4 cm³/mol. The van der Waals surface area contributed by atoms with Crippen molar-refractivity contribution >= 4 is 21.5 Å². The normalized spacial score (nSPS) is 11.4. The monoisotopic (exact) mass is 266 g/mol. The van der Waals surface area contributed by atoms with Crippen LogP contribution in [-0.2, 0) is 15.8 Å². The Morgan fingerprint density at radius 1 is 1.44 bits per heavy atom. The molecule has 18 heavy (non-hydrogen) atoms. The third-order valence-corrected chi connectivity index (χ3v) is 3.62. The number of hydrogen-bond donors (Lipinski definition) is 3. The number of aromatic amines is 1. The molecule has 6 nitrogen and oxygen atoms in total. The highest BCUT2D eigenvalue weighted by atomic mass is 32.2. The molecule has 0 atom stereocenters. The van der Waals surface area contributed by atoms with E-state index in [0.717, 1.165) is 5.56 Å². The van der Waals surface area contributed by atoms with Crippen molar-refractivity contribution < 1.29 is 8.42 Å². The summed E-state index contributed by atoms with van der Waals surface area (Å²) in [5.74, 6) is 0.259. The van der Waals surface area contributed by atoms with E-state index in [1.807, 2.05) is 0 Å². The summed E-state index contributed by atoms with van der Waals surface area (Å²) < 4.78 is 26.3.